The lowest BCUT2D eigenvalue weighted by molar-refractivity contribution is -0.115. The third-order valence-corrected chi connectivity index (χ3v) is 6.41. The molecule has 1 aliphatic heterocycles. The maximum absolute atomic E-state index is 14.5. The van der Waals surface area contributed by atoms with E-state index in [4.69, 9.17) is 9.47 Å². The molecular weight excluding hydrogens is 465 g/mol. The molecule has 1 N–H and O–H groups in total. The highest BCUT2D eigenvalue weighted by Crippen LogP contribution is 2.27. The fourth-order valence-electron chi connectivity index (χ4n) is 4.18. The van der Waals surface area contributed by atoms with Gasteiger partial charge in [-0.25, -0.2) is 4.39 Å². The summed E-state index contributed by atoms with van der Waals surface area (Å²) in [4.78, 5) is 41.8. The Morgan fingerprint density at radius 1 is 1.17 bits per heavy atom. The van der Waals surface area contributed by atoms with Gasteiger partial charge in [0, 0.05) is 45.3 Å². The number of benzene rings is 2. The monoisotopic (exact) mass is 499 g/mol. The van der Waals surface area contributed by atoms with Gasteiger partial charge in [0.05, 0.1) is 23.3 Å². The van der Waals surface area contributed by atoms with Gasteiger partial charge in [-0.2, -0.15) is 0 Å². The predicted octanol–water partition coefficient (Wildman–Crippen LogP) is 3.82. The van der Waals surface area contributed by atoms with E-state index in [2.05, 4.69) is 5.32 Å². The number of anilines is 1. The molecule has 0 spiro atoms. The topological polar surface area (TPSA) is 88.2 Å². The van der Waals surface area contributed by atoms with Gasteiger partial charge in [0.1, 0.15) is 18.2 Å². The number of carbonyl (C=O) groups is 3. The molecule has 0 saturated carbocycles. The first-order valence-electron chi connectivity index (χ1n) is 12.1. The Balaban J connectivity index is 2.00. The summed E-state index contributed by atoms with van der Waals surface area (Å²) >= 11 is 0. The van der Waals surface area contributed by atoms with Crippen LogP contribution in [0.15, 0.2) is 42.5 Å². The molecule has 3 atom stereocenters. The third-order valence-electron chi connectivity index (χ3n) is 6.41. The van der Waals surface area contributed by atoms with Crippen LogP contribution >= 0.6 is 0 Å². The molecule has 194 valence electrons. The number of halogens is 1. The summed E-state index contributed by atoms with van der Waals surface area (Å²) in [6, 6.07) is 10.3. The van der Waals surface area contributed by atoms with Gasteiger partial charge in [-0.15, -0.1) is 0 Å². The van der Waals surface area contributed by atoms with E-state index in [0.717, 1.165) is 0 Å². The summed E-state index contributed by atoms with van der Waals surface area (Å²) in [7, 11) is 3.23. The van der Waals surface area contributed by atoms with Crippen LogP contribution in [0.2, 0.25) is 0 Å². The third kappa shape index (κ3) is 6.20. The maximum Gasteiger partial charge on any atom is 0.257 e. The fraction of sp³-hybridized carbons (Fsp3) is 0.444. The van der Waals surface area contributed by atoms with Crippen molar-refractivity contribution in [1.29, 1.82) is 0 Å². The number of hydrogen-bond acceptors (Lipinski definition) is 5. The molecule has 3 amide bonds. The lowest BCUT2D eigenvalue weighted by Crippen LogP contribution is -2.48. The van der Waals surface area contributed by atoms with Crippen LogP contribution in [0.4, 0.5) is 10.1 Å². The number of nitrogens with one attached hydrogen (secondary N) is 1. The van der Waals surface area contributed by atoms with Crippen molar-refractivity contribution in [3.05, 3.63) is 59.4 Å². The number of methoxy groups -OCH3 is 1. The molecule has 36 heavy (non-hydrogen) atoms. The van der Waals surface area contributed by atoms with Crippen molar-refractivity contribution in [2.45, 2.75) is 39.3 Å². The minimum atomic E-state index is -0.588. The average Bonchev–Trinajstić information content (AvgIpc) is 2.87. The first kappa shape index (κ1) is 27.1. The van der Waals surface area contributed by atoms with Crippen molar-refractivity contribution in [3.63, 3.8) is 0 Å². The molecule has 2 aromatic rings. The molecule has 3 rings (SSSR count). The second kappa shape index (κ2) is 12.0. The summed E-state index contributed by atoms with van der Waals surface area (Å²) in [5.74, 6) is -1.32. The normalized spacial score (nSPS) is 21.1. The highest BCUT2D eigenvalue weighted by Gasteiger charge is 2.31. The van der Waals surface area contributed by atoms with E-state index in [1.54, 1.807) is 56.3 Å². The summed E-state index contributed by atoms with van der Waals surface area (Å²) in [5, 5.41) is 2.77. The van der Waals surface area contributed by atoms with Crippen LogP contribution in [0.1, 0.15) is 47.9 Å². The molecule has 1 aliphatic rings. The lowest BCUT2D eigenvalue weighted by atomic mass is 10.0. The standard InChI is InChI=1S/C27H34FN3O5/c1-6-25(32)29-19-11-12-23-21(13-19)26(33)30(4)15-24(35-5)17(2)14-31(18(3)16-36-23)27(34)20-9-7-8-10-22(20)28/h7-13,17-18,24H,6,14-16H2,1-5H3,(H,29,32)/t17-,18-,24+/m1/s1. The molecular formula is C27H34FN3O5. The molecule has 0 unspecified atom stereocenters. The van der Waals surface area contributed by atoms with E-state index < -0.39 is 17.8 Å². The van der Waals surface area contributed by atoms with Gasteiger partial charge in [-0.05, 0) is 37.3 Å². The van der Waals surface area contributed by atoms with Crippen LogP contribution in [0.3, 0.4) is 0 Å². The Morgan fingerprint density at radius 3 is 2.56 bits per heavy atom. The van der Waals surface area contributed by atoms with Crippen molar-refractivity contribution in [3.8, 4) is 5.75 Å². The zero-order valence-corrected chi connectivity index (χ0v) is 21.4. The van der Waals surface area contributed by atoms with Crippen molar-refractivity contribution >= 4 is 23.4 Å². The Morgan fingerprint density at radius 2 is 1.89 bits per heavy atom. The molecule has 0 bridgehead atoms. The summed E-state index contributed by atoms with van der Waals surface area (Å²) in [5.41, 5.74) is 0.759. The average molecular weight is 500 g/mol. The van der Waals surface area contributed by atoms with Crippen LogP contribution in [-0.2, 0) is 9.53 Å². The largest absolute Gasteiger partial charge is 0.491 e. The fourth-order valence-corrected chi connectivity index (χ4v) is 4.18. The van der Waals surface area contributed by atoms with Gasteiger partial charge in [0.25, 0.3) is 11.8 Å². The number of ether oxygens (including phenoxy) is 2. The Labute approximate surface area is 211 Å². The SMILES string of the molecule is CCC(=O)Nc1ccc2c(c1)C(=O)N(C)C[C@H](OC)[C@H](C)CN(C(=O)c1ccccc1F)[C@H](C)CO2. The van der Waals surface area contributed by atoms with Crippen molar-refractivity contribution in [2.75, 3.05) is 39.2 Å². The molecule has 2 aromatic carbocycles. The molecule has 0 radical (unpaired) electrons. The number of fused-ring (bicyclic) bond motifs is 1. The number of nitrogens with zero attached hydrogens (tertiary/aromatic N) is 2. The van der Waals surface area contributed by atoms with E-state index in [9.17, 15) is 18.8 Å². The number of hydrogen-bond donors (Lipinski definition) is 1. The highest BCUT2D eigenvalue weighted by molar-refractivity contribution is 5.99. The molecule has 0 saturated heterocycles. The minimum absolute atomic E-state index is 0.0124. The number of rotatable bonds is 4. The van der Waals surface area contributed by atoms with Gasteiger partial charge < -0.3 is 24.6 Å². The zero-order valence-electron chi connectivity index (χ0n) is 21.4. The van der Waals surface area contributed by atoms with Gasteiger partial charge in [-0.3, -0.25) is 14.4 Å². The smallest absolute Gasteiger partial charge is 0.257 e. The molecule has 9 heteroatoms. The number of likely N-dealkylation sites (N-methyl/N-ethyl adjacent to an activating group) is 1. The van der Waals surface area contributed by atoms with Crippen LogP contribution in [0, 0.1) is 11.7 Å². The zero-order chi connectivity index (χ0) is 26.4. The van der Waals surface area contributed by atoms with Gasteiger partial charge in [-0.1, -0.05) is 26.0 Å². The first-order chi connectivity index (χ1) is 17.2. The number of amides is 3. The molecule has 1 heterocycles. The van der Waals surface area contributed by atoms with Gasteiger partial charge >= 0.3 is 0 Å². The highest BCUT2D eigenvalue weighted by atomic mass is 19.1. The summed E-state index contributed by atoms with van der Waals surface area (Å²) in [6.45, 7) is 6.12. The van der Waals surface area contributed by atoms with E-state index in [1.165, 1.54) is 17.0 Å². The van der Waals surface area contributed by atoms with Gasteiger partial charge in [0.2, 0.25) is 5.91 Å². The van der Waals surface area contributed by atoms with Crippen molar-refractivity contribution in [2.24, 2.45) is 5.92 Å². The van der Waals surface area contributed by atoms with Crippen molar-refractivity contribution in [1.82, 2.24) is 9.80 Å². The van der Waals surface area contributed by atoms with Crippen molar-refractivity contribution < 1.29 is 28.2 Å². The molecule has 0 aliphatic carbocycles. The van der Waals surface area contributed by atoms with E-state index in [0.29, 0.717) is 17.9 Å². The summed E-state index contributed by atoms with van der Waals surface area (Å²) in [6.07, 6.45) is -0.0769. The van der Waals surface area contributed by atoms with E-state index in [1.807, 2.05) is 13.8 Å². The quantitative estimate of drug-likeness (QED) is 0.691. The lowest BCUT2D eigenvalue weighted by Gasteiger charge is -2.36. The number of carbonyl (C=O) groups excluding carboxylic acids is 3. The first-order valence-corrected chi connectivity index (χ1v) is 12.1. The predicted molar refractivity (Wildman–Crippen MR) is 135 cm³/mol. The Hall–Kier alpha value is -3.46. The second-order valence-electron chi connectivity index (χ2n) is 9.15. The van der Waals surface area contributed by atoms with E-state index >= 15 is 0 Å². The summed E-state index contributed by atoms with van der Waals surface area (Å²) < 4.78 is 26.2. The van der Waals surface area contributed by atoms with E-state index in [-0.39, 0.29) is 54.7 Å². The maximum atomic E-state index is 14.5. The molecule has 0 aromatic heterocycles. The van der Waals surface area contributed by atoms with Crippen LogP contribution in [-0.4, -0.2) is 73.5 Å². The Kier molecular flexibility index (Phi) is 9.03. The second-order valence-corrected chi connectivity index (χ2v) is 9.15. The van der Waals surface area contributed by atoms with Crippen LogP contribution in [0.5, 0.6) is 5.75 Å². The minimum Gasteiger partial charge on any atom is -0.491 e. The Bertz CT molecular complexity index is 1110. The molecule has 8 nitrogen and oxygen atoms in total. The molecule has 0 fully saturated rings. The van der Waals surface area contributed by atoms with Crippen LogP contribution in [0.25, 0.3) is 0 Å². The van der Waals surface area contributed by atoms with Crippen LogP contribution < -0.4 is 10.1 Å². The van der Waals surface area contributed by atoms with Gasteiger partial charge in [0.15, 0.2) is 0 Å².